The Balaban J connectivity index is 1.89. The van der Waals surface area contributed by atoms with Crippen molar-refractivity contribution in [2.75, 3.05) is 26.9 Å². The summed E-state index contributed by atoms with van der Waals surface area (Å²) >= 11 is 0. The minimum atomic E-state index is -2.27. The van der Waals surface area contributed by atoms with E-state index >= 15 is 0 Å². The Morgan fingerprint density at radius 3 is 1.97 bits per heavy atom. The molecule has 0 aromatic carbocycles. The van der Waals surface area contributed by atoms with Gasteiger partial charge in [-0.25, -0.2) is 0 Å². The first-order chi connectivity index (χ1) is 31.8. The van der Waals surface area contributed by atoms with E-state index in [0.29, 0.717) is 0 Å². The van der Waals surface area contributed by atoms with Crippen LogP contribution in [-0.2, 0) is 33.3 Å². The number of ether oxygens (including phenoxy) is 5. The first-order valence-corrected chi connectivity index (χ1v) is 23.0. The molecule has 380 valence electrons. The predicted molar refractivity (Wildman–Crippen MR) is 245 cm³/mol. The number of carbonyl (C=O) groups is 2. The van der Waals surface area contributed by atoms with Gasteiger partial charge in [-0.1, -0.05) is 92.0 Å². The van der Waals surface area contributed by atoms with Crippen LogP contribution in [0.15, 0.2) is 85.1 Å². The molecule has 3 aliphatic heterocycles. The molecule has 2 bridgehead atoms. The van der Waals surface area contributed by atoms with Crippen LogP contribution in [0.3, 0.4) is 0 Å². The maximum Gasteiger partial charge on any atom is 0.308 e. The number of cyclic esters (lactones) is 1. The molecule has 19 nitrogen and oxygen atoms in total. The second-order valence-corrected chi connectivity index (χ2v) is 17.6. The Hall–Kier alpha value is -3.48. The Kier molecular flexibility index (Phi) is 26.1. The van der Waals surface area contributed by atoms with E-state index in [-0.39, 0.29) is 57.8 Å². The van der Waals surface area contributed by atoms with Gasteiger partial charge in [-0.2, -0.15) is 0 Å². The van der Waals surface area contributed by atoms with Crippen LogP contribution < -0.4 is 11.1 Å². The average Bonchev–Trinajstić information content (AvgIpc) is 3.24. The van der Waals surface area contributed by atoms with E-state index < -0.39 is 135 Å². The van der Waals surface area contributed by atoms with E-state index in [9.17, 15) is 60.7 Å². The number of amides is 1. The zero-order valence-corrected chi connectivity index (χ0v) is 38.7. The van der Waals surface area contributed by atoms with Gasteiger partial charge in [-0.3, -0.25) is 9.59 Å². The third-order valence-corrected chi connectivity index (χ3v) is 11.7. The second kappa shape index (κ2) is 30.2. The van der Waals surface area contributed by atoms with Crippen LogP contribution in [0, 0.1) is 11.8 Å². The molecule has 0 saturated carbocycles. The van der Waals surface area contributed by atoms with E-state index in [2.05, 4.69) is 5.32 Å². The first-order valence-electron chi connectivity index (χ1n) is 23.0. The van der Waals surface area contributed by atoms with Crippen molar-refractivity contribution >= 4 is 11.9 Å². The lowest BCUT2D eigenvalue weighted by Crippen LogP contribution is -2.59. The fourth-order valence-electron chi connectivity index (χ4n) is 7.90. The zero-order chi connectivity index (χ0) is 49.5. The Bertz CT molecular complexity index is 1670. The van der Waals surface area contributed by atoms with Gasteiger partial charge in [0.25, 0.3) is 0 Å². The molecule has 0 aromatic rings. The third-order valence-electron chi connectivity index (χ3n) is 11.7. The molecule has 2 fully saturated rings. The number of esters is 1. The number of carbonyl (C=O) groups excluding carboxylic acids is 2. The summed E-state index contributed by atoms with van der Waals surface area (Å²) in [6, 6.07) is -1.11. The summed E-state index contributed by atoms with van der Waals surface area (Å²) < 4.78 is 28.3. The topological polar surface area (TPSA) is 321 Å². The summed E-state index contributed by atoms with van der Waals surface area (Å²) in [4.78, 5) is 26.1. The standard InChI is InChI=1S/C48H76N2O17/c1-30-16-14-12-10-8-6-4-5-7-9-11-13-15-17-35(66-47-45(60)44(49)40(58)29-64-47)26-41-43(46(61)50-20-21-63-3)39(57)28-48(62,67-41)27-34(53)24-38(56)36(54)19-18-32(51)23-33(52)25-42(59)65-31(2)22-37(30)55/h4-17,30-41,43-45,47,51-58,60,62H,18-29,49H2,1-3H3,(H,50,61)/b5-4+,8-6+,9-7+,12-10+,13-11+,16-14+,17-15+/t30-,31-,32?,33?,34?,35?,36?,37-,38?,39-,40+,41-,43+,44-,45-,47-,48?/m0/s1. The highest BCUT2D eigenvalue weighted by atomic mass is 16.7. The smallest absolute Gasteiger partial charge is 0.308 e. The zero-order valence-electron chi connectivity index (χ0n) is 38.7. The van der Waals surface area contributed by atoms with Crippen LogP contribution in [0.4, 0.5) is 0 Å². The summed E-state index contributed by atoms with van der Waals surface area (Å²) in [6.45, 7) is 3.46. The minimum absolute atomic E-state index is 0.0898. The van der Waals surface area contributed by atoms with Gasteiger partial charge >= 0.3 is 5.97 Å². The van der Waals surface area contributed by atoms with Crippen LogP contribution >= 0.6 is 0 Å². The lowest BCUT2D eigenvalue weighted by Gasteiger charge is -2.45. The van der Waals surface area contributed by atoms with Crippen molar-refractivity contribution in [2.45, 2.75) is 163 Å². The highest BCUT2D eigenvalue weighted by molar-refractivity contribution is 5.80. The number of aliphatic hydroxyl groups excluding tert-OH is 9. The predicted octanol–water partition coefficient (Wildman–Crippen LogP) is -0.245. The number of nitrogens with two attached hydrogens (primary N) is 1. The summed E-state index contributed by atoms with van der Waals surface area (Å²) in [6.07, 6.45) is 5.81. The number of allylic oxidation sites excluding steroid dienone is 12. The largest absolute Gasteiger partial charge is 0.462 e. The number of nitrogens with one attached hydrogen (secondary N) is 1. The molecule has 7 unspecified atom stereocenters. The maximum atomic E-state index is 13.6. The molecule has 1 amide bonds. The maximum absolute atomic E-state index is 13.6. The van der Waals surface area contributed by atoms with E-state index in [1.807, 2.05) is 37.3 Å². The summed E-state index contributed by atoms with van der Waals surface area (Å²) in [5.74, 6) is -5.15. The van der Waals surface area contributed by atoms with Crippen molar-refractivity contribution in [2.24, 2.45) is 17.6 Å². The number of methoxy groups -OCH3 is 1. The molecule has 17 atom stereocenters. The summed E-state index contributed by atoms with van der Waals surface area (Å²) in [7, 11) is 1.45. The molecule has 13 N–H and O–H groups in total. The van der Waals surface area contributed by atoms with E-state index in [4.69, 9.17) is 29.4 Å². The first kappa shape index (κ1) is 57.8. The van der Waals surface area contributed by atoms with Gasteiger partial charge in [0.15, 0.2) is 12.1 Å². The van der Waals surface area contributed by atoms with Gasteiger partial charge < -0.3 is 85.8 Å². The van der Waals surface area contributed by atoms with Crippen molar-refractivity contribution in [1.29, 1.82) is 0 Å². The van der Waals surface area contributed by atoms with Crippen LogP contribution in [0.25, 0.3) is 0 Å². The Morgan fingerprint density at radius 1 is 0.731 bits per heavy atom. The van der Waals surface area contributed by atoms with Gasteiger partial charge in [0.2, 0.25) is 5.91 Å². The van der Waals surface area contributed by atoms with Crippen LogP contribution in [0.5, 0.6) is 0 Å². The van der Waals surface area contributed by atoms with Gasteiger partial charge in [0.1, 0.15) is 12.2 Å². The molecule has 3 aliphatic rings. The minimum Gasteiger partial charge on any atom is -0.462 e. The fraction of sp³-hybridized carbons (Fsp3) is 0.667. The van der Waals surface area contributed by atoms with Crippen LogP contribution in [0.1, 0.15) is 71.6 Å². The quantitative estimate of drug-likeness (QED) is 0.121. The molecule has 67 heavy (non-hydrogen) atoms. The van der Waals surface area contributed by atoms with E-state index in [1.165, 1.54) is 7.11 Å². The summed E-state index contributed by atoms with van der Waals surface area (Å²) in [5, 5.41) is 111. The van der Waals surface area contributed by atoms with Gasteiger partial charge in [-0.15, -0.1) is 0 Å². The van der Waals surface area contributed by atoms with Gasteiger partial charge in [-0.05, 0) is 26.2 Å². The number of aliphatic hydroxyl groups is 10. The highest BCUT2D eigenvalue weighted by Gasteiger charge is 2.50. The van der Waals surface area contributed by atoms with Crippen molar-refractivity contribution in [3.05, 3.63) is 85.1 Å². The molecule has 19 heteroatoms. The molecular weight excluding hydrogens is 877 g/mol. The molecule has 3 rings (SSSR count). The van der Waals surface area contributed by atoms with E-state index in [0.717, 1.165) is 0 Å². The molecule has 0 aromatic heterocycles. The fourth-order valence-corrected chi connectivity index (χ4v) is 7.90. The van der Waals surface area contributed by atoms with E-state index in [1.54, 1.807) is 61.6 Å². The molecular formula is C48H76N2O17. The molecule has 0 spiro atoms. The Labute approximate surface area is 393 Å². The van der Waals surface area contributed by atoms with Crippen molar-refractivity contribution in [3.63, 3.8) is 0 Å². The highest BCUT2D eigenvalue weighted by Crippen LogP contribution is 2.38. The molecule has 2 saturated heterocycles. The normalized spacial score (nSPS) is 42.2. The SMILES string of the molecule is COCCNC(=O)[C@H]1[C@@H]2CC(O[C@@H]3OC[C@@H](O)[C@H](N)[C@@H]3O)/C=C/C=C/C=C/C=C/C=C/C=C/C=C/[C@H](C)[C@@H](O)C[C@H](C)OC(=O)CC(O)CC(O)CCC(O)C(O)CC(O)CC(O)(C[C@@H]1O)O2. The lowest BCUT2D eigenvalue weighted by atomic mass is 9.82. The van der Waals surface area contributed by atoms with Gasteiger partial charge in [0.05, 0.1) is 92.6 Å². The molecule has 3 heterocycles. The van der Waals surface area contributed by atoms with Crippen molar-refractivity contribution in [1.82, 2.24) is 5.32 Å². The van der Waals surface area contributed by atoms with Crippen LogP contribution in [-0.4, -0.2) is 181 Å². The van der Waals surface area contributed by atoms with Crippen LogP contribution in [0.2, 0.25) is 0 Å². The number of hydrogen-bond acceptors (Lipinski definition) is 18. The van der Waals surface area contributed by atoms with Crippen molar-refractivity contribution < 1.29 is 84.3 Å². The number of hydrogen-bond donors (Lipinski definition) is 12. The van der Waals surface area contributed by atoms with Crippen molar-refractivity contribution in [3.8, 4) is 0 Å². The molecule has 0 aliphatic carbocycles. The van der Waals surface area contributed by atoms with Gasteiger partial charge in [0, 0.05) is 51.7 Å². The lowest BCUT2D eigenvalue weighted by molar-refractivity contribution is -0.304. The summed E-state index contributed by atoms with van der Waals surface area (Å²) in [5.41, 5.74) is 6.00. The number of rotatable bonds is 6. The Morgan fingerprint density at radius 2 is 1.34 bits per heavy atom. The third kappa shape index (κ3) is 21.4. The molecule has 0 radical (unpaired) electrons. The second-order valence-electron chi connectivity index (χ2n) is 17.6. The monoisotopic (exact) mass is 953 g/mol. The average molecular weight is 953 g/mol. The number of fused-ring (bicyclic) bond motifs is 2.